The standard InChI is InChI=1S/C33H37F2N4O11P/c1-21(2)50-32(43)48-20-49-51(44,45)14-12-39-33(11-13-46-19-33)37(3)31(42)27-29(47-18-22-7-5-4-6-8-22)28(40)25(17-38(27)39)30(41)36-16-23-9-10-24(34)15-26(23)35/h4-10,15,17,21H,11-14,16,18-20H2,1-3H3,(H,36,41)(H,44,45)/t33-/m1/s1. The topological polar surface area (TPSA) is 175 Å². The molecule has 1 aromatic heterocycles. The summed E-state index contributed by atoms with van der Waals surface area (Å²) in [5, 5.41) is 3.96. The summed E-state index contributed by atoms with van der Waals surface area (Å²) in [6.45, 7) is 1.57. The predicted octanol–water partition coefficient (Wildman–Crippen LogP) is 3.50. The lowest BCUT2D eigenvalue weighted by atomic mass is 10.0. The van der Waals surface area contributed by atoms with Crippen LogP contribution in [0.4, 0.5) is 13.6 Å². The summed E-state index contributed by atoms with van der Waals surface area (Å²) < 4.78 is 68.3. The Bertz CT molecular complexity index is 1890. The maximum Gasteiger partial charge on any atom is 0.510 e. The maximum atomic E-state index is 14.4. The van der Waals surface area contributed by atoms with Crippen molar-refractivity contribution in [2.75, 3.05) is 44.8 Å². The summed E-state index contributed by atoms with van der Waals surface area (Å²) in [5.41, 5.74) is -2.38. The molecule has 2 N–H and O–H groups in total. The molecule has 2 atom stereocenters. The van der Waals surface area contributed by atoms with Crippen LogP contribution < -0.4 is 20.5 Å². The number of carbonyl (C=O) groups is 3. The van der Waals surface area contributed by atoms with Crippen LogP contribution in [-0.2, 0) is 36.5 Å². The molecule has 1 spiro atoms. The van der Waals surface area contributed by atoms with Crippen LogP contribution in [0.1, 0.15) is 52.2 Å². The number of amides is 2. The summed E-state index contributed by atoms with van der Waals surface area (Å²) >= 11 is 0. The molecular weight excluding hydrogens is 697 g/mol. The van der Waals surface area contributed by atoms with Gasteiger partial charge in [-0.2, -0.15) is 0 Å². The Hall–Kier alpha value is -4.83. The van der Waals surface area contributed by atoms with Crippen molar-refractivity contribution in [3.05, 3.63) is 99.0 Å². The molecule has 18 heteroatoms. The number of aromatic nitrogens is 1. The lowest BCUT2D eigenvalue weighted by Crippen LogP contribution is -2.70. The molecule has 274 valence electrons. The predicted molar refractivity (Wildman–Crippen MR) is 176 cm³/mol. The fourth-order valence-corrected chi connectivity index (χ4v) is 6.43. The minimum absolute atomic E-state index is 0.0485. The van der Waals surface area contributed by atoms with Crippen molar-refractivity contribution in [2.45, 2.75) is 45.2 Å². The van der Waals surface area contributed by atoms with Gasteiger partial charge in [-0.05, 0) is 25.5 Å². The number of rotatable bonds is 13. The number of nitrogens with one attached hydrogen (secondary N) is 1. The molecule has 5 rings (SSSR count). The van der Waals surface area contributed by atoms with Crippen LogP contribution in [0.15, 0.2) is 59.5 Å². The summed E-state index contributed by atoms with van der Waals surface area (Å²) in [4.78, 5) is 65.3. The molecule has 0 aliphatic carbocycles. The Labute approximate surface area is 291 Å². The third-order valence-corrected chi connectivity index (χ3v) is 9.56. The summed E-state index contributed by atoms with van der Waals surface area (Å²) in [6, 6.07) is 11.6. The van der Waals surface area contributed by atoms with Gasteiger partial charge in [-0.15, -0.1) is 0 Å². The first-order chi connectivity index (χ1) is 24.2. The number of ether oxygens (including phenoxy) is 4. The zero-order valence-corrected chi connectivity index (χ0v) is 28.9. The van der Waals surface area contributed by atoms with E-state index in [2.05, 4.69) is 5.32 Å². The maximum absolute atomic E-state index is 14.4. The highest BCUT2D eigenvalue weighted by atomic mass is 31.2. The number of nitrogens with zero attached hydrogens (tertiary/aromatic N) is 3. The van der Waals surface area contributed by atoms with Crippen LogP contribution in [-0.4, -0.2) is 84.0 Å². The molecule has 3 aromatic rings. The average Bonchev–Trinajstić information content (AvgIpc) is 3.57. The van der Waals surface area contributed by atoms with Gasteiger partial charge in [-0.25, -0.2) is 13.6 Å². The smallest absolute Gasteiger partial charge is 0.482 e. The number of fused-ring (bicyclic) bond motifs is 1. The molecular formula is C33H37F2N4O11P. The first kappa shape index (κ1) is 37.4. The molecule has 51 heavy (non-hydrogen) atoms. The highest BCUT2D eigenvalue weighted by molar-refractivity contribution is 7.52. The fourth-order valence-electron chi connectivity index (χ4n) is 5.64. The zero-order valence-electron chi connectivity index (χ0n) is 28.0. The second-order valence-corrected chi connectivity index (χ2v) is 14.0. The molecule has 15 nitrogen and oxygen atoms in total. The number of pyridine rings is 1. The normalized spacial score (nSPS) is 18.1. The number of hydrogen-bond acceptors (Lipinski definition) is 11. The Morgan fingerprint density at radius 3 is 2.55 bits per heavy atom. The van der Waals surface area contributed by atoms with Crippen molar-refractivity contribution >= 4 is 25.6 Å². The van der Waals surface area contributed by atoms with Crippen LogP contribution in [0.5, 0.6) is 5.75 Å². The molecule has 0 bridgehead atoms. The fraction of sp³-hybridized carbons (Fsp3) is 0.394. The largest absolute Gasteiger partial charge is 0.510 e. The number of carbonyl (C=O) groups excluding carboxylic acids is 3. The van der Waals surface area contributed by atoms with Gasteiger partial charge in [-0.1, -0.05) is 36.4 Å². The molecule has 2 aromatic carbocycles. The number of benzene rings is 2. The average molecular weight is 735 g/mol. The van der Waals surface area contributed by atoms with Crippen molar-refractivity contribution in [3.63, 3.8) is 0 Å². The molecule has 1 unspecified atom stereocenters. The zero-order chi connectivity index (χ0) is 36.9. The second-order valence-electron chi connectivity index (χ2n) is 12.0. The summed E-state index contributed by atoms with van der Waals surface area (Å²) in [5.74, 6) is -3.82. The molecule has 3 heterocycles. The van der Waals surface area contributed by atoms with Crippen molar-refractivity contribution in [2.24, 2.45) is 0 Å². The van der Waals surface area contributed by atoms with Crippen molar-refractivity contribution in [3.8, 4) is 5.75 Å². The van der Waals surface area contributed by atoms with E-state index in [1.54, 1.807) is 44.2 Å². The highest BCUT2D eigenvalue weighted by Gasteiger charge is 2.53. The third-order valence-electron chi connectivity index (χ3n) is 8.28. The molecule has 2 amide bonds. The Morgan fingerprint density at radius 1 is 1.14 bits per heavy atom. The lowest BCUT2D eigenvalue weighted by Gasteiger charge is -2.52. The van der Waals surface area contributed by atoms with E-state index in [9.17, 15) is 37.4 Å². The minimum Gasteiger partial charge on any atom is -0.482 e. The van der Waals surface area contributed by atoms with Crippen molar-refractivity contribution in [1.82, 2.24) is 14.9 Å². The lowest BCUT2D eigenvalue weighted by molar-refractivity contribution is -0.0109. The van der Waals surface area contributed by atoms with Crippen molar-refractivity contribution < 1.29 is 56.1 Å². The molecule has 0 radical (unpaired) electrons. The van der Waals surface area contributed by atoms with E-state index >= 15 is 0 Å². The first-order valence-corrected chi connectivity index (χ1v) is 17.6. The van der Waals surface area contributed by atoms with Crippen LogP contribution in [0, 0.1) is 11.6 Å². The van der Waals surface area contributed by atoms with E-state index in [-0.39, 0.29) is 44.0 Å². The van der Waals surface area contributed by atoms with Gasteiger partial charge in [0.05, 0.1) is 25.5 Å². The van der Waals surface area contributed by atoms with E-state index in [1.165, 1.54) is 21.6 Å². The van der Waals surface area contributed by atoms with E-state index in [1.807, 2.05) is 0 Å². The van der Waals surface area contributed by atoms with E-state index < -0.39 is 85.2 Å². The highest BCUT2D eigenvalue weighted by Crippen LogP contribution is 2.43. The molecule has 1 saturated heterocycles. The van der Waals surface area contributed by atoms with Crippen LogP contribution >= 0.6 is 7.60 Å². The van der Waals surface area contributed by atoms with Gasteiger partial charge in [0.25, 0.3) is 11.8 Å². The van der Waals surface area contributed by atoms with Gasteiger partial charge in [-0.3, -0.25) is 33.2 Å². The Morgan fingerprint density at radius 2 is 1.88 bits per heavy atom. The van der Waals surface area contributed by atoms with Crippen molar-refractivity contribution in [1.29, 1.82) is 0 Å². The molecule has 2 aliphatic rings. The number of likely N-dealkylation sites (N-methyl/N-ethyl adjacent to an activating group) is 1. The quantitative estimate of drug-likeness (QED) is 0.149. The summed E-state index contributed by atoms with van der Waals surface area (Å²) in [6.07, 6.45) is -0.838. The Balaban J connectivity index is 1.52. The molecule has 1 fully saturated rings. The van der Waals surface area contributed by atoms with Crippen LogP contribution in [0.25, 0.3) is 0 Å². The van der Waals surface area contributed by atoms with Crippen LogP contribution in [0.3, 0.4) is 0 Å². The SMILES string of the molecule is CC(C)OC(=O)OCOP(=O)(O)CCN1n2cc(C(=O)NCc3ccc(F)cc3F)c(=O)c(OCc3ccccc3)c2C(=O)N(C)[C@]12CCOC2. The second kappa shape index (κ2) is 15.6. The van der Waals surface area contributed by atoms with Gasteiger partial charge in [0.15, 0.2) is 17.1 Å². The van der Waals surface area contributed by atoms with E-state index in [0.29, 0.717) is 11.6 Å². The third kappa shape index (κ3) is 8.39. The summed E-state index contributed by atoms with van der Waals surface area (Å²) in [7, 11) is -2.99. The number of halogens is 2. The van der Waals surface area contributed by atoms with Gasteiger partial charge >= 0.3 is 13.8 Å². The Kier molecular flexibility index (Phi) is 11.4. The molecule has 2 aliphatic heterocycles. The van der Waals surface area contributed by atoms with Gasteiger partial charge in [0.1, 0.15) is 23.8 Å². The van der Waals surface area contributed by atoms with Crippen LogP contribution in [0.2, 0.25) is 0 Å². The first-order valence-electron chi connectivity index (χ1n) is 15.8. The van der Waals surface area contributed by atoms with Gasteiger partial charge < -0.3 is 34.1 Å². The number of hydrogen-bond donors (Lipinski definition) is 2. The van der Waals surface area contributed by atoms with Gasteiger partial charge in [0.2, 0.25) is 12.2 Å². The molecule has 0 saturated carbocycles. The van der Waals surface area contributed by atoms with E-state index in [0.717, 1.165) is 18.3 Å². The van der Waals surface area contributed by atoms with E-state index in [4.69, 9.17) is 23.5 Å². The minimum atomic E-state index is -4.48. The van der Waals surface area contributed by atoms with Gasteiger partial charge in [0, 0.05) is 44.4 Å². The monoisotopic (exact) mass is 734 g/mol.